The normalized spacial score (nSPS) is 11.4. The minimum atomic E-state index is -1.29. The summed E-state index contributed by atoms with van der Waals surface area (Å²) in [7, 11) is 0. The molecule has 0 amide bonds. The molecule has 0 saturated heterocycles. The standard InChI is InChI=1S/C14H10N2O2S2/c1-2-20(17)14-11(8-15)13(12(9-16)19-14)18-10-6-4-3-5-7-10/h3-7H,2H2,1H3. The van der Waals surface area contributed by atoms with Crippen LogP contribution >= 0.6 is 11.3 Å². The number of benzene rings is 1. The Kier molecular flexibility index (Phi) is 4.65. The van der Waals surface area contributed by atoms with Crippen LogP contribution in [0.5, 0.6) is 11.5 Å². The Labute approximate surface area is 124 Å². The second kappa shape index (κ2) is 6.44. The van der Waals surface area contributed by atoms with Gasteiger partial charge in [0.05, 0.1) is 0 Å². The highest BCUT2D eigenvalue weighted by atomic mass is 32.2. The minimum absolute atomic E-state index is 0.190. The molecule has 1 atom stereocenters. The summed E-state index contributed by atoms with van der Waals surface area (Å²) in [5, 5.41) is 18.4. The molecule has 0 bridgehead atoms. The van der Waals surface area contributed by atoms with E-state index in [9.17, 15) is 9.81 Å². The van der Waals surface area contributed by atoms with Crippen molar-refractivity contribution in [2.75, 3.05) is 5.75 Å². The molecule has 0 aliphatic rings. The SMILES string of the molecule is CC[S+]([O-])c1sc(C#N)c(Oc2ccccc2)c1C#N. The molecule has 2 rings (SSSR count). The van der Waals surface area contributed by atoms with Crippen molar-refractivity contribution in [3.63, 3.8) is 0 Å². The smallest absolute Gasteiger partial charge is 0.229 e. The molecule has 0 N–H and O–H groups in total. The summed E-state index contributed by atoms with van der Waals surface area (Å²) < 4.78 is 18.0. The van der Waals surface area contributed by atoms with E-state index >= 15 is 0 Å². The predicted octanol–water partition coefficient (Wildman–Crippen LogP) is 3.41. The molecule has 20 heavy (non-hydrogen) atoms. The van der Waals surface area contributed by atoms with E-state index in [1.807, 2.05) is 18.2 Å². The molecule has 0 radical (unpaired) electrons. The zero-order valence-electron chi connectivity index (χ0n) is 10.6. The molecule has 0 aliphatic carbocycles. The monoisotopic (exact) mass is 302 g/mol. The lowest BCUT2D eigenvalue weighted by molar-refractivity contribution is 0.481. The fraction of sp³-hybridized carbons (Fsp3) is 0.143. The van der Waals surface area contributed by atoms with E-state index in [-0.39, 0.29) is 16.2 Å². The molecular weight excluding hydrogens is 292 g/mol. The molecule has 0 fully saturated rings. The third-order valence-corrected chi connectivity index (χ3v) is 5.30. The average molecular weight is 302 g/mol. The molecule has 0 spiro atoms. The quantitative estimate of drug-likeness (QED) is 0.810. The van der Waals surface area contributed by atoms with Gasteiger partial charge in [-0.1, -0.05) is 29.5 Å². The average Bonchev–Trinajstić information content (AvgIpc) is 2.85. The zero-order chi connectivity index (χ0) is 14.5. The number of para-hydroxylation sites is 1. The van der Waals surface area contributed by atoms with Crippen molar-refractivity contribution in [1.29, 1.82) is 10.5 Å². The molecule has 0 aliphatic heterocycles. The maximum atomic E-state index is 11.9. The third-order valence-electron chi connectivity index (χ3n) is 2.48. The van der Waals surface area contributed by atoms with Gasteiger partial charge in [0.1, 0.15) is 23.6 Å². The van der Waals surface area contributed by atoms with Crippen LogP contribution in [-0.4, -0.2) is 10.3 Å². The fourth-order valence-electron chi connectivity index (χ4n) is 1.56. The third kappa shape index (κ3) is 2.78. The number of hydrogen-bond acceptors (Lipinski definition) is 5. The van der Waals surface area contributed by atoms with E-state index in [1.165, 1.54) is 0 Å². The van der Waals surface area contributed by atoms with Crippen LogP contribution in [0.1, 0.15) is 17.4 Å². The van der Waals surface area contributed by atoms with Crippen molar-refractivity contribution in [2.24, 2.45) is 0 Å². The Morgan fingerprint density at radius 3 is 2.50 bits per heavy atom. The van der Waals surface area contributed by atoms with Crippen molar-refractivity contribution in [1.82, 2.24) is 0 Å². The topological polar surface area (TPSA) is 79.9 Å². The van der Waals surface area contributed by atoms with Crippen LogP contribution in [0.15, 0.2) is 34.5 Å². The Morgan fingerprint density at radius 1 is 1.25 bits per heavy atom. The molecular formula is C14H10N2O2S2. The highest BCUT2D eigenvalue weighted by Gasteiger charge is 2.27. The van der Waals surface area contributed by atoms with Gasteiger partial charge in [0, 0.05) is 0 Å². The lowest BCUT2D eigenvalue weighted by atomic mass is 10.3. The zero-order valence-corrected chi connectivity index (χ0v) is 12.3. The van der Waals surface area contributed by atoms with Crippen molar-refractivity contribution in [2.45, 2.75) is 11.1 Å². The van der Waals surface area contributed by atoms with Crippen LogP contribution in [0.4, 0.5) is 0 Å². The molecule has 1 heterocycles. The predicted molar refractivity (Wildman–Crippen MR) is 77.2 cm³/mol. The molecule has 0 saturated carbocycles. The number of hydrogen-bond donors (Lipinski definition) is 0. The Balaban J connectivity index is 2.49. The van der Waals surface area contributed by atoms with Gasteiger partial charge in [0.25, 0.3) is 0 Å². The molecule has 100 valence electrons. The van der Waals surface area contributed by atoms with Gasteiger partial charge in [-0.15, -0.1) is 0 Å². The van der Waals surface area contributed by atoms with E-state index in [2.05, 4.69) is 0 Å². The maximum absolute atomic E-state index is 11.9. The largest absolute Gasteiger partial charge is 0.611 e. The summed E-state index contributed by atoms with van der Waals surface area (Å²) in [6.07, 6.45) is 0. The number of nitrogens with zero attached hydrogens (tertiary/aromatic N) is 2. The summed E-state index contributed by atoms with van der Waals surface area (Å²) in [6, 6.07) is 12.9. The number of nitriles is 2. The van der Waals surface area contributed by atoms with Gasteiger partial charge in [-0.05, 0) is 30.2 Å². The second-order valence-electron chi connectivity index (χ2n) is 3.70. The van der Waals surface area contributed by atoms with Crippen molar-refractivity contribution in [3.05, 3.63) is 40.8 Å². The number of rotatable bonds is 4. The summed E-state index contributed by atoms with van der Waals surface area (Å²) in [6.45, 7) is 1.76. The van der Waals surface area contributed by atoms with Crippen LogP contribution in [0, 0.1) is 22.7 Å². The first-order valence-electron chi connectivity index (χ1n) is 5.79. The van der Waals surface area contributed by atoms with Crippen molar-refractivity contribution in [3.8, 4) is 23.6 Å². The van der Waals surface area contributed by atoms with E-state index in [0.717, 1.165) is 11.3 Å². The maximum Gasteiger partial charge on any atom is 0.229 e. The molecule has 1 unspecified atom stereocenters. The molecule has 4 nitrogen and oxygen atoms in total. The van der Waals surface area contributed by atoms with E-state index in [1.54, 1.807) is 31.2 Å². The lowest BCUT2D eigenvalue weighted by Crippen LogP contribution is -2.03. The molecule has 1 aromatic carbocycles. The molecule has 6 heteroatoms. The Morgan fingerprint density at radius 2 is 1.95 bits per heavy atom. The van der Waals surface area contributed by atoms with E-state index < -0.39 is 11.2 Å². The van der Waals surface area contributed by atoms with Gasteiger partial charge in [-0.2, -0.15) is 10.5 Å². The summed E-state index contributed by atoms with van der Waals surface area (Å²) in [5.41, 5.74) is 0.190. The fourth-order valence-corrected chi connectivity index (χ4v) is 3.87. The van der Waals surface area contributed by atoms with Crippen molar-refractivity contribution >= 4 is 22.5 Å². The Bertz CT molecular complexity index is 684. The van der Waals surface area contributed by atoms with E-state index in [4.69, 9.17) is 10.00 Å². The number of ether oxygens (including phenoxy) is 1. The molecule has 2 aromatic rings. The van der Waals surface area contributed by atoms with E-state index in [0.29, 0.717) is 15.7 Å². The second-order valence-corrected chi connectivity index (χ2v) is 6.65. The highest BCUT2D eigenvalue weighted by molar-refractivity contribution is 7.93. The van der Waals surface area contributed by atoms with Gasteiger partial charge in [-0.3, -0.25) is 0 Å². The number of thiophene rings is 1. The summed E-state index contributed by atoms with van der Waals surface area (Å²) in [4.78, 5) is 0.266. The lowest BCUT2D eigenvalue weighted by Gasteiger charge is -2.06. The van der Waals surface area contributed by atoms with Crippen LogP contribution in [-0.2, 0) is 11.2 Å². The van der Waals surface area contributed by atoms with Gasteiger partial charge < -0.3 is 9.29 Å². The van der Waals surface area contributed by atoms with Crippen molar-refractivity contribution < 1.29 is 9.29 Å². The Hall–Kier alpha value is -1.99. The van der Waals surface area contributed by atoms with Gasteiger partial charge in [0.2, 0.25) is 4.21 Å². The highest BCUT2D eigenvalue weighted by Crippen LogP contribution is 2.40. The van der Waals surface area contributed by atoms with Crippen LogP contribution < -0.4 is 4.74 Å². The summed E-state index contributed by atoms with van der Waals surface area (Å²) >= 11 is -0.232. The van der Waals surface area contributed by atoms with Crippen LogP contribution in [0.2, 0.25) is 0 Å². The van der Waals surface area contributed by atoms with Gasteiger partial charge >= 0.3 is 0 Å². The van der Waals surface area contributed by atoms with Crippen LogP contribution in [0.25, 0.3) is 0 Å². The first kappa shape index (κ1) is 14.4. The first-order chi connectivity index (χ1) is 9.71. The van der Waals surface area contributed by atoms with Gasteiger partial charge in [0.15, 0.2) is 16.2 Å². The van der Waals surface area contributed by atoms with Crippen LogP contribution in [0.3, 0.4) is 0 Å². The molecule has 1 aromatic heterocycles. The first-order valence-corrected chi connectivity index (χ1v) is 7.93. The minimum Gasteiger partial charge on any atom is -0.611 e. The summed E-state index contributed by atoms with van der Waals surface area (Å²) in [5.74, 6) is 1.13. The van der Waals surface area contributed by atoms with Gasteiger partial charge in [-0.25, -0.2) is 0 Å².